The van der Waals surface area contributed by atoms with E-state index in [-0.39, 0.29) is 9.33 Å². The fourth-order valence-corrected chi connectivity index (χ4v) is 6.20. The number of hydrogen-bond donors (Lipinski definition) is 1. The molecule has 0 bridgehead atoms. The van der Waals surface area contributed by atoms with Gasteiger partial charge in [-0.05, 0) is 44.0 Å². The third-order valence-electron chi connectivity index (χ3n) is 2.60. The fraction of sp³-hybridized carbons (Fsp3) is 0.667. The van der Waals surface area contributed by atoms with Gasteiger partial charge in [0.15, 0.2) is 0 Å². The molecule has 0 amide bonds. The molecule has 0 aromatic carbocycles. The molecular formula is C12H20Br2S. The van der Waals surface area contributed by atoms with Gasteiger partial charge in [0, 0.05) is 4.48 Å². The Balaban J connectivity index is 2.04. The van der Waals surface area contributed by atoms with Crippen LogP contribution in [0, 0.1) is 0 Å². The Hall–Kier alpha value is 0.790. The van der Waals surface area contributed by atoms with Gasteiger partial charge in [0.2, 0.25) is 0 Å². The Morgan fingerprint density at radius 1 is 1.13 bits per heavy atom. The lowest BCUT2D eigenvalue weighted by atomic mass is 10.1. The number of halogens is 2. The zero-order valence-corrected chi connectivity index (χ0v) is 13.4. The average Bonchev–Trinajstić information content (AvgIpc) is 2.51. The van der Waals surface area contributed by atoms with Gasteiger partial charge in [-0.1, -0.05) is 55.0 Å². The van der Waals surface area contributed by atoms with E-state index in [9.17, 15) is 0 Å². The number of allylic oxidation sites excluding steroid dienone is 3. The molecule has 1 heterocycles. The lowest BCUT2D eigenvalue weighted by molar-refractivity contribution is 0.610. The van der Waals surface area contributed by atoms with E-state index < -0.39 is 0 Å². The zero-order chi connectivity index (χ0) is 11.1. The summed E-state index contributed by atoms with van der Waals surface area (Å²) in [6, 6.07) is 0. The molecule has 0 radical (unpaired) electrons. The normalized spacial score (nSPS) is 22.7. The molecule has 0 fully saturated rings. The first kappa shape index (κ1) is 13.9. The number of thiol groups is 1. The maximum atomic E-state index is 3.73. The fourth-order valence-electron chi connectivity index (χ4n) is 1.71. The predicted molar refractivity (Wildman–Crippen MR) is 81.0 cm³/mol. The number of hydrogen-bond acceptors (Lipinski definition) is 0. The van der Waals surface area contributed by atoms with E-state index in [1.54, 1.807) is 4.91 Å². The summed E-state index contributed by atoms with van der Waals surface area (Å²) in [5, 5.41) is 2.28. The van der Waals surface area contributed by atoms with Gasteiger partial charge in [0.05, 0.1) is 0 Å². The van der Waals surface area contributed by atoms with Crippen molar-refractivity contribution in [2.75, 3.05) is 0 Å². The second-order valence-electron chi connectivity index (χ2n) is 3.98. The van der Waals surface area contributed by atoms with Crippen molar-refractivity contribution < 1.29 is 0 Å². The minimum atomic E-state index is -0.131. The lowest BCUT2D eigenvalue weighted by Crippen LogP contribution is -1.81. The van der Waals surface area contributed by atoms with Crippen molar-refractivity contribution >= 4 is 40.1 Å². The van der Waals surface area contributed by atoms with Gasteiger partial charge in [-0.15, -0.1) is 0 Å². The Morgan fingerprint density at radius 3 is 2.40 bits per heavy atom. The highest BCUT2D eigenvalue weighted by Crippen LogP contribution is 2.52. The number of unbranched alkanes of at least 4 members (excludes halogenated alkanes) is 5. The highest BCUT2D eigenvalue weighted by molar-refractivity contribution is 9.55. The molecule has 0 spiro atoms. The van der Waals surface area contributed by atoms with E-state index in [1.165, 1.54) is 49.4 Å². The minimum Gasteiger partial charge on any atom is -0.150 e. The van der Waals surface area contributed by atoms with Crippen LogP contribution in [-0.4, -0.2) is 0 Å². The van der Waals surface area contributed by atoms with Crippen LogP contribution >= 0.6 is 40.1 Å². The van der Waals surface area contributed by atoms with Crippen LogP contribution in [0.2, 0.25) is 0 Å². The van der Waals surface area contributed by atoms with Crippen molar-refractivity contribution in [2.24, 2.45) is 0 Å². The number of rotatable bonds is 7. The molecule has 0 aromatic heterocycles. The lowest BCUT2D eigenvalue weighted by Gasteiger charge is -2.09. The SMILES string of the molecule is CCCCCCCCC1=CC(Br)=C[SH]1Br. The standard InChI is InChI=1S/C12H20Br2S/c1-2-3-4-5-6-7-8-12-9-11(13)10-15(12)14/h9-10,15H,2-8H2,1H3. The van der Waals surface area contributed by atoms with Crippen LogP contribution < -0.4 is 0 Å². The Morgan fingerprint density at radius 2 is 1.80 bits per heavy atom. The summed E-state index contributed by atoms with van der Waals surface area (Å²) < 4.78 is 1.26. The molecule has 15 heavy (non-hydrogen) atoms. The third-order valence-corrected chi connectivity index (χ3v) is 6.80. The Bertz CT molecular complexity index is 246. The molecule has 0 aromatic rings. The van der Waals surface area contributed by atoms with Crippen LogP contribution in [0.5, 0.6) is 0 Å². The molecule has 3 heteroatoms. The molecule has 0 aliphatic carbocycles. The Labute approximate surface area is 112 Å². The van der Waals surface area contributed by atoms with E-state index in [1.807, 2.05) is 0 Å². The van der Waals surface area contributed by atoms with Gasteiger partial charge in [0.25, 0.3) is 0 Å². The molecule has 1 rings (SSSR count). The van der Waals surface area contributed by atoms with Gasteiger partial charge >= 0.3 is 0 Å². The minimum absolute atomic E-state index is 0.131. The summed E-state index contributed by atoms with van der Waals surface area (Å²) in [6.07, 6.45) is 11.9. The van der Waals surface area contributed by atoms with Crippen LogP contribution in [-0.2, 0) is 0 Å². The first-order valence-corrected chi connectivity index (χ1v) is 9.99. The molecule has 1 aliphatic rings. The van der Waals surface area contributed by atoms with Crippen LogP contribution in [0.15, 0.2) is 20.9 Å². The van der Waals surface area contributed by atoms with Gasteiger partial charge in [-0.3, -0.25) is 0 Å². The molecular weight excluding hydrogens is 336 g/mol. The van der Waals surface area contributed by atoms with E-state index in [0.717, 1.165) is 0 Å². The molecule has 0 nitrogen and oxygen atoms in total. The monoisotopic (exact) mass is 354 g/mol. The highest BCUT2D eigenvalue weighted by Gasteiger charge is 2.10. The zero-order valence-electron chi connectivity index (χ0n) is 9.31. The second kappa shape index (κ2) is 7.97. The van der Waals surface area contributed by atoms with Crippen molar-refractivity contribution in [3.8, 4) is 0 Å². The van der Waals surface area contributed by atoms with Crippen molar-refractivity contribution in [1.29, 1.82) is 0 Å². The van der Waals surface area contributed by atoms with E-state index in [2.05, 4.69) is 49.2 Å². The first-order chi connectivity index (χ1) is 7.24. The van der Waals surface area contributed by atoms with Crippen molar-refractivity contribution in [3.63, 3.8) is 0 Å². The molecule has 0 N–H and O–H groups in total. The summed E-state index contributed by atoms with van der Waals surface area (Å²) >= 11 is 7.26. The van der Waals surface area contributed by atoms with Crippen molar-refractivity contribution in [2.45, 2.75) is 51.9 Å². The Kier molecular flexibility index (Phi) is 7.36. The van der Waals surface area contributed by atoms with Gasteiger partial charge in [0.1, 0.15) is 0 Å². The molecule has 0 saturated heterocycles. The van der Waals surface area contributed by atoms with Gasteiger partial charge in [-0.2, -0.15) is 9.33 Å². The summed E-state index contributed by atoms with van der Waals surface area (Å²) in [7, 11) is -0.131. The highest BCUT2D eigenvalue weighted by atomic mass is 79.9. The van der Waals surface area contributed by atoms with Gasteiger partial charge in [-0.25, -0.2) is 0 Å². The predicted octanol–water partition coefficient (Wildman–Crippen LogP) is 6.18. The maximum absolute atomic E-state index is 3.73. The van der Waals surface area contributed by atoms with E-state index in [4.69, 9.17) is 0 Å². The maximum Gasteiger partial charge on any atom is 0.0239 e. The molecule has 1 unspecified atom stereocenters. The van der Waals surface area contributed by atoms with Crippen LogP contribution in [0.25, 0.3) is 0 Å². The first-order valence-electron chi connectivity index (χ1n) is 5.77. The summed E-state index contributed by atoms with van der Waals surface area (Å²) in [5.74, 6) is 0. The largest absolute Gasteiger partial charge is 0.150 e. The smallest absolute Gasteiger partial charge is 0.0239 e. The summed E-state index contributed by atoms with van der Waals surface area (Å²) in [4.78, 5) is 1.59. The van der Waals surface area contributed by atoms with E-state index >= 15 is 0 Å². The molecule has 0 saturated carbocycles. The third kappa shape index (κ3) is 5.60. The summed E-state index contributed by atoms with van der Waals surface area (Å²) in [5.41, 5.74) is 0. The van der Waals surface area contributed by atoms with Crippen LogP contribution in [0.1, 0.15) is 51.9 Å². The van der Waals surface area contributed by atoms with Crippen molar-refractivity contribution in [1.82, 2.24) is 0 Å². The second-order valence-corrected chi connectivity index (χ2v) is 8.64. The van der Waals surface area contributed by atoms with Crippen LogP contribution in [0.4, 0.5) is 0 Å². The van der Waals surface area contributed by atoms with E-state index in [0.29, 0.717) is 0 Å². The molecule has 88 valence electrons. The van der Waals surface area contributed by atoms with Crippen LogP contribution in [0.3, 0.4) is 0 Å². The quantitative estimate of drug-likeness (QED) is 0.409. The molecule has 1 aliphatic heterocycles. The van der Waals surface area contributed by atoms with Gasteiger partial charge < -0.3 is 0 Å². The average molecular weight is 356 g/mol. The summed E-state index contributed by atoms with van der Waals surface area (Å²) in [6.45, 7) is 2.27. The molecule has 1 atom stereocenters. The van der Waals surface area contributed by atoms with Crippen molar-refractivity contribution in [3.05, 3.63) is 20.9 Å². The topological polar surface area (TPSA) is 0 Å².